The molecule has 0 saturated carbocycles. The Bertz CT molecular complexity index is 523. The van der Waals surface area contributed by atoms with Crippen molar-refractivity contribution in [1.29, 1.82) is 0 Å². The first kappa shape index (κ1) is 17.2. The molecule has 0 saturated heterocycles. The van der Waals surface area contributed by atoms with Gasteiger partial charge in [0, 0.05) is 17.8 Å². The molecule has 1 aliphatic carbocycles. The van der Waals surface area contributed by atoms with Crippen LogP contribution in [0.3, 0.4) is 0 Å². The van der Waals surface area contributed by atoms with Gasteiger partial charge in [-0.1, -0.05) is 11.6 Å². The van der Waals surface area contributed by atoms with Crippen molar-refractivity contribution in [3.63, 3.8) is 0 Å². The predicted molar refractivity (Wildman–Crippen MR) is 78.5 cm³/mol. The number of Topliss-reactive ketones (excluding diaryl/α,β-unsaturated/α-hetero) is 2. The van der Waals surface area contributed by atoms with Crippen molar-refractivity contribution >= 4 is 11.6 Å². The number of methoxy groups -OCH3 is 2. The Morgan fingerprint density at radius 1 is 1.14 bits per heavy atom. The molecule has 1 rings (SSSR count). The van der Waals surface area contributed by atoms with Gasteiger partial charge >= 0.3 is 0 Å². The smallest absolute Gasteiger partial charge is 0.228 e. The molecule has 0 amide bonds. The standard InChI is InChI=1S/C16H22O5/c1-10(6-5-9-17)7-8-12-11(2)13(18)15(20-3)16(21-4)14(12)19/h6,17H,5,7-9H2,1-4H3. The van der Waals surface area contributed by atoms with Gasteiger partial charge in [-0.25, -0.2) is 0 Å². The average Bonchev–Trinajstić information content (AvgIpc) is 2.48. The lowest BCUT2D eigenvalue weighted by atomic mass is 9.89. The minimum atomic E-state index is -0.305. The maximum atomic E-state index is 12.4. The van der Waals surface area contributed by atoms with Crippen LogP contribution in [0.4, 0.5) is 0 Å². The zero-order valence-corrected chi connectivity index (χ0v) is 13.0. The van der Waals surface area contributed by atoms with Crippen LogP contribution < -0.4 is 0 Å². The second-order valence-corrected chi connectivity index (χ2v) is 4.89. The topological polar surface area (TPSA) is 72.8 Å². The number of aliphatic hydroxyl groups is 1. The summed E-state index contributed by atoms with van der Waals surface area (Å²) in [5.74, 6) is -0.654. The van der Waals surface area contributed by atoms with Gasteiger partial charge in [-0.2, -0.15) is 0 Å². The van der Waals surface area contributed by atoms with Gasteiger partial charge in [0.2, 0.25) is 23.1 Å². The molecule has 5 heteroatoms. The average molecular weight is 294 g/mol. The highest BCUT2D eigenvalue weighted by Gasteiger charge is 2.34. The van der Waals surface area contributed by atoms with Gasteiger partial charge in [0.25, 0.3) is 0 Å². The summed E-state index contributed by atoms with van der Waals surface area (Å²) >= 11 is 0. The molecule has 1 N–H and O–H groups in total. The van der Waals surface area contributed by atoms with Crippen molar-refractivity contribution < 1.29 is 24.2 Å². The summed E-state index contributed by atoms with van der Waals surface area (Å²) in [5, 5.41) is 8.78. The molecule has 0 aromatic rings. The Hall–Kier alpha value is -1.88. The van der Waals surface area contributed by atoms with Crippen LogP contribution >= 0.6 is 0 Å². The van der Waals surface area contributed by atoms with Crippen molar-refractivity contribution in [2.24, 2.45) is 0 Å². The van der Waals surface area contributed by atoms with E-state index in [1.807, 2.05) is 13.0 Å². The highest BCUT2D eigenvalue weighted by Crippen LogP contribution is 2.29. The zero-order chi connectivity index (χ0) is 16.0. The molecular weight excluding hydrogens is 272 g/mol. The SMILES string of the molecule is COC1=C(OC)C(=O)C(CCC(C)=CCCO)=C(C)C1=O. The van der Waals surface area contributed by atoms with E-state index < -0.39 is 0 Å². The summed E-state index contributed by atoms with van der Waals surface area (Å²) < 4.78 is 10.0. The van der Waals surface area contributed by atoms with E-state index in [1.54, 1.807) is 6.92 Å². The highest BCUT2D eigenvalue weighted by molar-refractivity contribution is 6.23. The fraction of sp³-hybridized carbons (Fsp3) is 0.500. The van der Waals surface area contributed by atoms with E-state index in [1.165, 1.54) is 14.2 Å². The van der Waals surface area contributed by atoms with Crippen molar-refractivity contribution in [3.05, 3.63) is 34.3 Å². The molecule has 0 unspecified atom stereocenters. The number of hydrogen-bond acceptors (Lipinski definition) is 5. The van der Waals surface area contributed by atoms with Gasteiger partial charge in [0.15, 0.2) is 0 Å². The Kier molecular flexibility index (Phi) is 6.37. The van der Waals surface area contributed by atoms with Crippen molar-refractivity contribution in [2.45, 2.75) is 33.1 Å². The van der Waals surface area contributed by atoms with Gasteiger partial charge in [-0.05, 0) is 33.1 Å². The number of hydrogen-bond donors (Lipinski definition) is 1. The third-order valence-corrected chi connectivity index (χ3v) is 3.49. The van der Waals surface area contributed by atoms with Crippen LogP contribution in [0.2, 0.25) is 0 Å². The molecule has 116 valence electrons. The molecule has 0 aromatic heterocycles. The van der Waals surface area contributed by atoms with E-state index >= 15 is 0 Å². The number of carbonyl (C=O) groups is 2. The lowest BCUT2D eigenvalue weighted by Crippen LogP contribution is -2.25. The Morgan fingerprint density at radius 2 is 1.71 bits per heavy atom. The van der Waals surface area contributed by atoms with Gasteiger partial charge in [0.05, 0.1) is 14.2 Å². The minimum absolute atomic E-state index is 0.0277. The number of allylic oxidation sites excluding steroid dienone is 3. The maximum absolute atomic E-state index is 12.4. The van der Waals surface area contributed by atoms with Gasteiger partial charge in [-0.15, -0.1) is 0 Å². The number of ketones is 2. The fourth-order valence-corrected chi connectivity index (χ4v) is 2.23. The number of aliphatic hydroxyl groups excluding tert-OH is 1. The van der Waals surface area contributed by atoms with Gasteiger partial charge in [-0.3, -0.25) is 9.59 Å². The molecule has 0 spiro atoms. The van der Waals surface area contributed by atoms with Gasteiger partial charge in [0.1, 0.15) is 0 Å². The molecule has 0 heterocycles. The molecule has 0 radical (unpaired) electrons. The first-order valence-corrected chi connectivity index (χ1v) is 6.85. The lowest BCUT2D eigenvalue weighted by molar-refractivity contribution is -0.121. The third kappa shape index (κ3) is 3.82. The van der Waals surface area contributed by atoms with Gasteiger partial charge < -0.3 is 14.6 Å². The van der Waals surface area contributed by atoms with E-state index in [2.05, 4.69) is 0 Å². The summed E-state index contributed by atoms with van der Waals surface area (Å²) in [6, 6.07) is 0. The van der Waals surface area contributed by atoms with Crippen LogP contribution in [0.25, 0.3) is 0 Å². The monoisotopic (exact) mass is 294 g/mol. The molecule has 0 aliphatic heterocycles. The molecule has 1 aliphatic rings. The minimum Gasteiger partial charge on any atom is -0.489 e. The van der Waals surface area contributed by atoms with Crippen LogP contribution in [-0.2, 0) is 19.1 Å². The Labute approximate surface area is 124 Å². The van der Waals surface area contributed by atoms with E-state index in [0.717, 1.165) is 5.57 Å². The van der Waals surface area contributed by atoms with Crippen LogP contribution in [-0.4, -0.2) is 37.5 Å². The van der Waals surface area contributed by atoms with E-state index in [9.17, 15) is 9.59 Å². The molecule has 5 nitrogen and oxygen atoms in total. The maximum Gasteiger partial charge on any atom is 0.228 e. The van der Waals surface area contributed by atoms with Crippen LogP contribution in [0.5, 0.6) is 0 Å². The Balaban J connectivity index is 2.95. The van der Waals surface area contributed by atoms with Crippen molar-refractivity contribution in [2.75, 3.05) is 20.8 Å². The first-order valence-electron chi connectivity index (χ1n) is 6.85. The summed E-state index contributed by atoms with van der Waals surface area (Å²) in [6.45, 7) is 3.67. The normalized spacial score (nSPS) is 16.7. The second kappa shape index (κ2) is 7.78. The zero-order valence-electron chi connectivity index (χ0n) is 13.0. The molecule has 0 aromatic carbocycles. The fourth-order valence-electron chi connectivity index (χ4n) is 2.23. The third-order valence-electron chi connectivity index (χ3n) is 3.49. The van der Waals surface area contributed by atoms with E-state index in [-0.39, 0.29) is 29.7 Å². The lowest BCUT2D eigenvalue weighted by Gasteiger charge is -2.20. The second-order valence-electron chi connectivity index (χ2n) is 4.89. The number of ether oxygens (including phenoxy) is 2. The molecule has 0 atom stereocenters. The van der Waals surface area contributed by atoms with Crippen molar-refractivity contribution in [3.8, 4) is 0 Å². The van der Waals surface area contributed by atoms with Crippen LogP contribution in [0.1, 0.15) is 33.1 Å². The quantitative estimate of drug-likeness (QED) is 0.575. The number of carbonyl (C=O) groups excluding carboxylic acids is 2. The molecular formula is C16H22O5. The Morgan fingerprint density at radius 3 is 2.24 bits per heavy atom. The predicted octanol–water partition coefficient (Wildman–Crippen LogP) is 2.07. The summed E-state index contributed by atoms with van der Waals surface area (Å²) in [7, 11) is 2.70. The number of rotatable bonds is 7. The van der Waals surface area contributed by atoms with Crippen LogP contribution in [0.15, 0.2) is 34.3 Å². The highest BCUT2D eigenvalue weighted by atomic mass is 16.5. The van der Waals surface area contributed by atoms with E-state index in [4.69, 9.17) is 14.6 Å². The van der Waals surface area contributed by atoms with E-state index in [0.29, 0.717) is 30.4 Å². The molecule has 0 bridgehead atoms. The first-order chi connectivity index (χ1) is 9.97. The summed E-state index contributed by atoms with van der Waals surface area (Å²) in [4.78, 5) is 24.6. The molecule has 0 fully saturated rings. The summed E-state index contributed by atoms with van der Waals surface area (Å²) in [5.41, 5.74) is 1.95. The van der Waals surface area contributed by atoms with Crippen molar-refractivity contribution in [1.82, 2.24) is 0 Å². The molecule has 21 heavy (non-hydrogen) atoms. The largest absolute Gasteiger partial charge is 0.489 e. The summed E-state index contributed by atoms with van der Waals surface area (Å²) in [6.07, 6.45) is 3.64. The van der Waals surface area contributed by atoms with Crippen LogP contribution in [0, 0.1) is 0 Å².